The lowest BCUT2D eigenvalue weighted by Gasteiger charge is -2.36. The number of hydrogen-bond donors (Lipinski definition) is 0. The van der Waals surface area contributed by atoms with Crippen molar-refractivity contribution in [2.75, 3.05) is 30.3 Å². The highest BCUT2D eigenvalue weighted by molar-refractivity contribution is 8.13. The largest absolute Gasteiger partial charge is 0.341 e. The van der Waals surface area contributed by atoms with Crippen LogP contribution < -0.4 is 4.90 Å². The number of likely N-dealkylation sites (tertiary alicyclic amines) is 1. The van der Waals surface area contributed by atoms with E-state index < -0.39 is 9.05 Å². The van der Waals surface area contributed by atoms with Gasteiger partial charge in [0.25, 0.3) is 0 Å². The van der Waals surface area contributed by atoms with Gasteiger partial charge in [-0.25, -0.2) is 18.4 Å². The molecular weight excluding hydrogens is 340 g/mol. The molecule has 1 aromatic rings. The highest BCUT2D eigenvalue weighted by Gasteiger charge is 2.37. The molecule has 0 spiro atoms. The van der Waals surface area contributed by atoms with Gasteiger partial charge >= 0.3 is 0 Å². The SMILES string of the molecule is O=C1CC(CS(=O)(=O)Cl)CN1C1CCN(c2ncccn2)CC1. The van der Waals surface area contributed by atoms with Gasteiger partial charge in [-0.15, -0.1) is 0 Å². The minimum absolute atomic E-state index is 0.0322. The second kappa shape index (κ2) is 6.60. The van der Waals surface area contributed by atoms with Crippen LogP contribution >= 0.6 is 10.7 Å². The van der Waals surface area contributed by atoms with Crippen molar-refractivity contribution in [1.29, 1.82) is 0 Å². The lowest BCUT2D eigenvalue weighted by Crippen LogP contribution is -2.46. The van der Waals surface area contributed by atoms with Gasteiger partial charge in [-0.1, -0.05) is 0 Å². The van der Waals surface area contributed by atoms with Crippen molar-refractivity contribution in [2.24, 2.45) is 5.92 Å². The van der Waals surface area contributed by atoms with Crippen LogP contribution in [0.2, 0.25) is 0 Å². The Morgan fingerprint density at radius 3 is 2.48 bits per heavy atom. The van der Waals surface area contributed by atoms with Gasteiger partial charge in [0.05, 0.1) is 5.75 Å². The number of anilines is 1. The van der Waals surface area contributed by atoms with Gasteiger partial charge in [0.2, 0.25) is 20.9 Å². The first kappa shape index (κ1) is 16.4. The maximum absolute atomic E-state index is 12.2. The van der Waals surface area contributed by atoms with Crippen molar-refractivity contribution in [1.82, 2.24) is 14.9 Å². The molecule has 0 bridgehead atoms. The average molecular weight is 359 g/mol. The number of halogens is 1. The predicted octanol–water partition coefficient (Wildman–Crippen LogP) is 0.862. The Hall–Kier alpha value is -1.41. The molecule has 2 aliphatic heterocycles. The lowest BCUT2D eigenvalue weighted by molar-refractivity contribution is -0.130. The monoisotopic (exact) mass is 358 g/mol. The number of piperidine rings is 1. The predicted molar refractivity (Wildman–Crippen MR) is 86.7 cm³/mol. The number of aromatic nitrogens is 2. The number of hydrogen-bond acceptors (Lipinski definition) is 6. The van der Waals surface area contributed by atoms with Gasteiger partial charge in [-0.05, 0) is 18.9 Å². The van der Waals surface area contributed by atoms with Crippen LogP contribution in [0.25, 0.3) is 0 Å². The van der Waals surface area contributed by atoms with Gasteiger partial charge in [0, 0.05) is 61.1 Å². The highest BCUT2D eigenvalue weighted by Crippen LogP contribution is 2.27. The number of rotatable bonds is 4. The minimum atomic E-state index is -3.56. The third kappa shape index (κ3) is 4.11. The molecule has 0 aromatic carbocycles. The van der Waals surface area contributed by atoms with E-state index in [1.165, 1.54) is 0 Å². The molecule has 0 radical (unpaired) electrons. The van der Waals surface area contributed by atoms with Crippen LogP contribution in [-0.2, 0) is 13.8 Å². The Morgan fingerprint density at radius 2 is 1.87 bits per heavy atom. The number of amides is 1. The van der Waals surface area contributed by atoms with E-state index in [1.54, 1.807) is 18.5 Å². The van der Waals surface area contributed by atoms with Crippen molar-refractivity contribution >= 4 is 31.6 Å². The zero-order valence-corrected chi connectivity index (χ0v) is 14.2. The van der Waals surface area contributed by atoms with Crippen molar-refractivity contribution in [3.8, 4) is 0 Å². The molecule has 1 atom stereocenters. The smallest absolute Gasteiger partial charge is 0.232 e. The second-order valence-electron chi connectivity index (χ2n) is 6.09. The molecule has 9 heteroatoms. The number of carbonyl (C=O) groups excluding carboxylic acids is 1. The zero-order chi connectivity index (χ0) is 16.4. The summed E-state index contributed by atoms with van der Waals surface area (Å²) in [4.78, 5) is 24.6. The molecule has 2 saturated heterocycles. The summed E-state index contributed by atoms with van der Waals surface area (Å²) < 4.78 is 22.4. The van der Waals surface area contributed by atoms with Crippen LogP contribution in [0.5, 0.6) is 0 Å². The molecule has 1 aromatic heterocycles. The van der Waals surface area contributed by atoms with E-state index in [-0.39, 0.29) is 30.0 Å². The standard InChI is InChI=1S/C14H19ClN4O3S/c15-23(21,22)10-11-8-13(20)19(9-11)12-2-6-18(7-3-12)14-16-4-1-5-17-14/h1,4-5,11-12H,2-3,6-10H2. The van der Waals surface area contributed by atoms with E-state index in [9.17, 15) is 13.2 Å². The van der Waals surface area contributed by atoms with E-state index in [2.05, 4.69) is 14.9 Å². The van der Waals surface area contributed by atoms with Gasteiger partial charge in [-0.3, -0.25) is 4.79 Å². The third-order valence-corrected chi connectivity index (χ3v) is 5.66. The van der Waals surface area contributed by atoms with Crippen molar-refractivity contribution in [2.45, 2.75) is 25.3 Å². The molecule has 3 heterocycles. The summed E-state index contributed by atoms with van der Waals surface area (Å²) in [5.74, 6) is 0.419. The van der Waals surface area contributed by atoms with Crippen LogP contribution in [-0.4, -0.2) is 60.6 Å². The van der Waals surface area contributed by atoms with Gasteiger partial charge in [-0.2, -0.15) is 0 Å². The van der Waals surface area contributed by atoms with Crippen LogP contribution in [0.1, 0.15) is 19.3 Å². The molecule has 1 unspecified atom stereocenters. The van der Waals surface area contributed by atoms with Gasteiger partial charge < -0.3 is 9.80 Å². The number of nitrogens with zero attached hydrogens (tertiary/aromatic N) is 4. The molecule has 2 aliphatic rings. The van der Waals surface area contributed by atoms with Crippen molar-refractivity contribution < 1.29 is 13.2 Å². The van der Waals surface area contributed by atoms with Crippen molar-refractivity contribution in [3.05, 3.63) is 18.5 Å². The first-order chi connectivity index (χ1) is 10.9. The summed E-state index contributed by atoms with van der Waals surface area (Å²) in [6.45, 7) is 2.06. The van der Waals surface area contributed by atoms with E-state index >= 15 is 0 Å². The fourth-order valence-corrected chi connectivity index (χ4v) is 4.71. The van der Waals surface area contributed by atoms with Crippen LogP contribution in [0.3, 0.4) is 0 Å². The molecule has 7 nitrogen and oxygen atoms in total. The maximum Gasteiger partial charge on any atom is 0.232 e. The molecule has 1 amide bonds. The summed E-state index contributed by atoms with van der Waals surface area (Å²) >= 11 is 0. The van der Waals surface area contributed by atoms with E-state index in [1.807, 2.05) is 4.90 Å². The molecule has 3 rings (SSSR count). The van der Waals surface area contributed by atoms with Gasteiger partial charge in [0.1, 0.15) is 0 Å². The summed E-state index contributed by atoms with van der Waals surface area (Å²) in [5.41, 5.74) is 0. The Balaban J connectivity index is 1.57. The van der Waals surface area contributed by atoms with Crippen molar-refractivity contribution in [3.63, 3.8) is 0 Å². The first-order valence-corrected chi connectivity index (χ1v) is 10.1. The van der Waals surface area contributed by atoms with Gasteiger partial charge in [0.15, 0.2) is 0 Å². The molecule has 126 valence electrons. The van der Waals surface area contributed by atoms with E-state index in [4.69, 9.17) is 10.7 Å². The Morgan fingerprint density at radius 1 is 1.22 bits per heavy atom. The Kier molecular flexibility index (Phi) is 4.72. The second-order valence-corrected chi connectivity index (χ2v) is 8.91. The fourth-order valence-electron chi connectivity index (χ4n) is 3.39. The molecular formula is C14H19ClN4O3S. The summed E-state index contributed by atoms with van der Waals surface area (Å²) in [6.07, 6.45) is 5.38. The van der Waals surface area contributed by atoms with Crippen LogP contribution in [0.4, 0.5) is 5.95 Å². The molecule has 0 N–H and O–H groups in total. The summed E-state index contributed by atoms with van der Waals surface area (Å²) in [6, 6.07) is 1.94. The summed E-state index contributed by atoms with van der Waals surface area (Å²) in [7, 11) is 1.74. The minimum Gasteiger partial charge on any atom is -0.341 e. The average Bonchev–Trinajstić information content (AvgIpc) is 2.87. The molecule has 0 saturated carbocycles. The topological polar surface area (TPSA) is 83.5 Å². The first-order valence-electron chi connectivity index (χ1n) is 7.66. The Bertz CT molecular complexity index is 662. The van der Waals surface area contributed by atoms with Crippen LogP contribution in [0.15, 0.2) is 18.5 Å². The highest BCUT2D eigenvalue weighted by atomic mass is 35.7. The normalized spacial score (nSPS) is 23.5. The molecule has 23 heavy (non-hydrogen) atoms. The lowest BCUT2D eigenvalue weighted by atomic mass is 10.0. The quantitative estimate of drug-likeness (QED) is 0.742. The fraction of sp³-hybridized carbons (Fsp3) is 0.643. The number of carbonyl (C=O) groups is 1. The molecule has 0 aliphatic carbocycles. The van der Waals surface area contributed by atoms with Crippen LogP contribution in [0, 0.1) is 5.92 Å². The zero-order valence-electron chi connectivity index (χ0n) is 12.6. The Labute approximate surface area is 140 Å². The van der Waals surface area contributed by atoms with E-state index in [0.29, 0.717) is 12.5 Å². The summed E-state index contributed by atoms with van der Waals surface area (Å²) in [5, 5.41) is 0. The molecule has 2 fully saturated rings. The maximum atomic E-state index is 12.2. The third-order valence-electron chi connectivity index (χ3n) is 4.41. The van der Waals surface area contributed by atoms with E-state index in [0.717, 1.165) is 25.9 Å².